The smallest absolute Gasteiger partial charge is 0.323 e. The van der Waals surface area contributed by atoms with E-state index >= 15 is 0 Å². The third kappa shape index (κ3) is 5.68. The number of nitrogens with zero attached hydrogens (tertiary/aromatic N) is 1. The van der Waals surface area contributed by atoms with Crippen molar-refractivity contribution in [3.05, 3.63) is 0 Å². The summed E-state index contributed by atoms with van der Waals surface area (Å²) in [6.45, 7) is -0.926. The molecule has 0 aromatic carbocycles. The van der Waals surface area contributed by atoms with Crippen LogP contribution in [0.1, 0.15) is 25.7 Å². The summed E-state index contributed by atoms with van der Waals surface area (Å²) in [6.07, 6.45) is 5.95. The molecule has 0 spiro atoms. The second kappa shape index (κ2) is 7.98. The first-order valence-corrected chi connectivity index (χ1v) is 7.79. The van der Waals surface area contributed by atoms with Gasteiger partial charge in [0.25, 0.3) is 0 Å². The Morgan fingerprint density at radius 2 is 2.05 bits per heavy atom. The fraction of sp³-hybridized carbons (Fsp3) is 0.750. The molecular formula is C12H21N3O4S. The van der Waals surface area contributed by atoms with Gasteiger partial charge in [-0.3, -0.25) is 9.59 Å². The molecule has 8 heteroatoms. The zero-order valence-corrected chi connectivity index (χ0v) is 12.3. The minimum Gasteiger partial charge on any atom is -0.480 e. The number of nitrogens with two attached hydrogens (primary N) is 1. The molecule has 20 heavy (non-hydrogen) atoms. The Balaban J connectivity index is 2.55. The summed E-state index contributed by atoms with van der Waals surface area (Å²) in [5, 5.41) is 12.1. The summed E-state index contributed by atoms with van der Waals surface area (Å²) >= 11 is 1.77. The van der Waals surface area contributed by atoms with Crippen LogP contribution in [0.2, 0.25) is 0 Å². The molecule has 0 radical (unpaired) electrons. The molecule has 1 aliphatic carbocycles. The average Bonchev–Trinajstić information content (AvgIpc) is 2.37. The van der Waals surface area contributed by atoms with Crippen LogP contribution in [0.25, 0.3) is 0 Å². The van der Waals surface area contributed by atoms with Crippen molar-refractivity contribution >= 4 is 29.7 Å². The highest BCUT2D eigenvalue weighted by molar-refractivity contribution is 7.99. The highest BCUT2D eigenvalue weighted by Crippen LogP contribution is 2.26. The van der Waals surface area contributed by atoms with Gasteiger partial charge in [0.2, 0.25) is 5.91 Å². The molecule has 1 fully saturated rings. The van der Waals surface area contributed by atoms with Gasteiger partial charge in [0.15, 0.2) is 0 Å². The molecule has 2 atom stereocenters. The van der Waals surface area contributed by atoms with Crippen molar-refractivity contribution in [2.45, 2.75) is 37.0 Å². The first kappa shape index (κ1) is 16.6. The van der Waals surface area contributed by atoms with Crippen molar-refractivity contribution in [1.82, 2.24) is 10.2 Å². The van der Waals surface area contributed by atoms with Crippen molar-refractivity contribution in [2.24, 2.45) is 5.73 Å². The largest absolute Gasteiger partial charge is 0.480 e. The van der Waals surface area contributed by atoms with Gasteiger partial charge >= 0.3 is 12.0 Å². The van der Waals surface area contributed by atoms with Gasteiger partial charge in [-0.2, -0.15) is 11.8 Å². The number of hydrogen-bond donors (Lipinski definition) is 3. The molecule has 0 heterocycles. The van der Waals surface area contributed by atoms with Gasteiger partial charge < -0.3 is 21.1 Å². The van der Waals surface area contributed by atoms with E-state index in [1.807, 2.05) is 6.26 Å². The lowest BCUT2D eigenvalue weighted by molar-refractivity contribution is -0.137. The van der Waals surface area contributed by atoms with E-state index in [2.05, 4.69) is 5.32 Å². The van der Waals surface area contributed by atoms with Gasteiger partial charge in [0.1, 0.15) is 13.1 Å². The Hall–Kier alpha value is -1.44. The Bertz CT molecular complexity index is 362. The van der Waals surface area contributed by atoms with E-state index < -0.39 is 31.0 Å². The number of carboxylic acids is 1. The maximum Gasteiger partial charge on any atom is 0.323 e. The zero-order valence-electron chi connectivity index (χ0n) is 11.5. The summed E-state index contributed by atoms with van der Waals surface area (Å²) in [6, 6.07) is -0.518. The second-order valence-electron chi connectivity index (χ2n) is 4.89. The molecule has 3 amide bonds. The van der Waals surface area contributed by atoms with Crippen molar-refractivity contribution in [3.63, 3.8) is 0 Å². The number of carboxylic acid groups (broad SMARTS) is 1. The summed E-state index contributed by atoms with van der Waals surface area (Å²) in [5.41, 5.74) is 5.03. The van der Waals surface area contributed by atoms with Crippen molar-refractivity contribution in [3.8, 4) is 0 Å². The molecule has 0 aromatic heterocycles. The van der Waals surface area contributed by atoms with Crippen LogP contribution in [-0.4, -0.2) is 58.6 Å². The number of carbonyl (C=O) groups is 3. The Kier molecular flexibility index (Phi) is 6.63. The molecular weight excluding hydrogens is 282 g/mol. The molecule has 0 aliphatic heterocycles. The number of amides is 3. The standard InChI is InChI=1S/C12H21N3O4S/c1-20-9-4-2-3-8(5-9)14-12(19)15(6-10(13)16)7-11(17)18/h8-9H,2-7H2,1H3,(H2,13,16)(H,14,19)(H,17,18). The maximum absolute atomic E-state index is 12.0. The predicted molar refractivity (Wildman–Crippen MR) is 76.5 cm³/mol. The number of thioether (sulfide) groups is 1. The van der Waals surface area contributed by atoms with E-state index in [0.29, 0.717) is 5.25 Å². The maximum atomic E-state index is 12.0. The van der Waals surface area contributed by atoms with Crippen LogP contribution in [0.5, 0.6) is 0 Å². The van der Waals surface area contributed by atoms with Crippen LogP contribution in [0, 0.1) is 0 Å². The Morgan fingerprint density at radius 3 is 2.60 bits per heavy atom. The molecule has 7 nitrogen and oxygen atoms in total. The number of rotatable bonds is 6. The number of primary amides is 1. The highest BCUT2D eigenvalue weighted by Gasteiger charge is 2.25. The van der Waals surface area contributed by atoms with E-state index in [-0.39, 0.29) is 6.04 Å². The summed E-state index contributed by atoms with van der Waals surface area (Å²) in [7, 11) is 0. The van der Waals surface area contributed by atoms with E-state index in [1.54, 1.807) is 11.8 Å². The van der Waals surface area contributed by atoms with Crippen LogP contribution in [0.3, 0.4) is 0 Å². The monoisotopic (exact) mass is 303 g/mol. The van der Waals surface area contributed by atoms with Crippen LogP contribution in [0.4, 0.5) is 4.79 Å². The first-order chi connectivity index (χ1) is 9.42. The molecule has 0 bridgehead atoms. The Labute approximate surface area is 122 Å². The lowest BCUT2D eigenvalue weighted by Gasteiger charge is -2.30. The van der Waals surface area contributed by atoms with Crippen LogP contribution >= 0.6 is 11.8 Å². The topological polar surface area (TPSA) is 113 Å². The fourth-order valence-electron chi connectivity index (χ4n) is 2.31. The molecule has 1 rings (SSSR count). The Morgan fingerprint density at radius 1 is 1.35 bits per heavy atom. The lowest BCUT2D eigenvalue weighted by Crippen LogP contribution is -2.50. The van der Waals surface area contributed by atoms with Gasteiger partial charge in [0, 0.05) is 11.3 Å². The van der Waals surface area contributed by atoms with Crippen LogP contribution in [0.15, 0.2) is 0 Å². The molecule has 4 N–H and O–H groups in total. The van der Waals surface area contributed by atoms with Crippen LogP contribution < -0.4 is 11.1 Å². The third-order valence-corrected chi connectivity index (χ3v) is 4.34. The van der Waals surface area contributed by atoms with Gasteiger partial charge in [-0.15, -0.1) is 0 Å². The predicted octanol–water partition coefficient (Wildman–Crippen LogP) is 0.242. The molecule has 0 aromatic rings. The second-order valence-corrected chi connectivity index (χ2v) is 6.02. The summed E-state index contributed by atoms with van der Waals surface area (Å²) in [4.78, 5) is 34.5. The van der Waals surface area contributed by atoms with E-state index in [4.69, 9.17) is 10.8 Å². The molecule has 1 aliphatic rings. The van der Waals surface area contributed by atoms with Crippen molar-refractivity contribution in [2.75, 3.05) is 19.3 Å². The van der Waals surface area contributed by atoms with Gasteiger partial charge in [-0.05, 0) is 25.5 Å². The van der Waals surface area contributed by atoms with Crippen molar-refractivity contribution < 1.29 is 19.5 Å². The lowest BCUT2D eigenvalue weighted by atomic mass is 9.95. The van der Waals surface area contributed by atoms with E-state index in [9.17, 15) is 14.4 Å². The number of hydrogen-bond acceptors (Lipinski definition) is 4. The fourth-order valence-corrected chi connectivity index (χ4v) is 3.13. The van der Waals surface area contributed by atoms with Crippen molar-refractivity contribution in [1.29, 1.82) is 0 Å². The number of aliphatic carboxylic acids is 1. The number of carbonyl (C=O) groups excluding carboxylic acids is 2. The third-order valence-electron chi connectivity index (χ3n) is 3.25. The molecule has 0 saturated heterocycles. The van der Waals surface area contributed by atoms with Gasteiger partial charge in [-0.1, -0.05) is 6.42 Å². The summed E-state index contributed by atoms with van der Waals surface area (Å²) < 4.78 is 0. The minimum atomic E-state index is -1.17. The van der Waals surface area contributed by atoms with Crippen LogP contribution in [-0.2, 0) is 9.59 Å². The SMILES string of the molecule is CSC1CCCC(NC(=O)N(CC(N)=O)CC(=O)O)C1. The number of nitrogens with one attached hydrogen (secondary N) is 1. The molecule has 114 valence electrons. The van der Waals surface area contributed by atoms with Gasteiger partial charge in [0.05, 0.1) is 0 Å². The molecule has 2 unspecified atom stereocenters. The zero-order chi connectivity index (χ0) is 15.1. The van der Waals surface area contributed by atoms with Gasteiger partial charge in [-0.25, -0.2) is 4.79 Å². The molecule has 1 saturated carbocycles. The average molecular weight is 303 g/mol. The normalized spacial score (nSPS) is 22.1. The number of urea groups is 1. The first-order valence-electron chi connectivity index (χ1n) is 6.50. The quantitative estimate of drug-likeness (QED) is 0.650. The minimum absolute atomic E-state index is 0.0258. The van der Waals surface area contributed by atoms with E-state index in [0.717, 1.165) is 30.6 Å². The highest BCUT2D eigenvalue weighted by atomic mass is 32.2. The van der Waals surface area contributed by atoms with E-state index in [1.165, 1.54) is 0 Å². The summed E-state index contributed by atoms with van der Waals surface area (Å²) in [5.74, 6) is -1.90.